The molecule has 124 valence electrons. The second kappa shape index (κ2) is 7.43. The summed E-state index contributed by atoms with van der Waals surface area (Å²) < 4.78 is 26.9. The molecule has 8 heteroatoms. The number of hydrogen-bond acceptors (Lipinski definition) is 4. The third kappa shape index (κ3) is 4.69. The van der Waals surface area contributed by atoms with E-state index in [9.17, 15) is 8.42 Å². The van der Waals surface area contributed by atoms with Crippen molar-refractivity contribution in [3.05, 3.63) is 15.8 Å². The Kier molecular flexibility index (Phi) is 5.82. The molecular weight excluding hydrogens is 320 g/mol. The maximum atomic E-state index is 12.2. The van der Waals surface area contributed by atoms with Crippen molar-refractivity contribution in [1.29, 1.82) is 0 Å². The summed E-state index contributed by atoms with van der Waals surface area (Å²) in [5.74, 6) is 0.397. The van der Waals surface area contributed by atoms with Gasteiger partial charge in [0.1, 0.15) is 0 Å². The van der Waals surface area contributed by atoms with Gasteiger partial charge in [-0.2, -0.15) is 0 Å². The Hall–Kier alpha value is -1.12. The number of nitrogens with zero attached hydrogens (tertiary/aromatic N) is 1. The third-order valence-electron chi connectivity index (χ3n) is 3.68. The monoisotopic (exact) mass is 344 g/mol. The molecule has 0 bridgehead atoms. The highest BCUT2D eigenvalue weighted by Crippen LogP contribution is 2.24. The van der Waals surface area contributed by atoms with Crippen molar-refractivity contribution < 1.29 is 8.42 Å². The molecule has 2 rings (SSSR count). The predicted octanol–water partition coefficient (Wildman–Crippen LogP) is 1.49. The van der Waals surface area contributed by atoms with Crippen LogP contribution in [0, 0.1) is 13.8 Å². The smallest absolute Gasteiger partial charge is 0.241 e. The lowest BCUT2D eigenvalue weighted by molar-refractivity contribution is 0.581. The fourth-order valence-corrected chi connectivity index (χ4v) is 5.21. The van der Waals surface area contributed by atoms with Crippen LogP contribution < -0.4 is 15.8 Å². The van der Waals surface area contributed by atoms with Crippen LogP contribution in [-0.4, -0.2) is 33.5 Å². The maximum Gasteiger partial charge on any atom is 0.241 e. The van der Waals surface area contributed by atoms with Gasteiger partial charge in [-0.15, -0.1) is 11.3 Å². The molecule has 1 heterocycles. The Bertz CT molecular complexity index is 631. The first-order valence-electron chi connectivity index (χ1n) is 7.51. The molecule has 1 aliphatic rings. The van der Waals surface area contributed by atoms with Crippen LogP contribution in [-0.2, 0) is 10.0 Å². The Labute approximate surface area is 136 Å². The van der Waals surface area contributed by atoms with Gasteiger partial charge in [-0.25, -0.2) is 13.1 Å². The second-order valence-electron chi connectivity index (χ2n) is 5.57. The number of aryl methyl sites for hydroxylation is 2. The standard InChI is InChI=1S/C14H24N4O2S2/c1-10-9-13(11(2)21-10)22(19,20)17-8-7-16-14(15)18-12-5-3-4-6-12/h9,12,17H,3-8H2,1-2H3,(H3,15,16,18). The number of nitrogens with two attached hydrogens (primary N) is 1. The Morgan fingerprint density at radius 1 is 1.41 bits per heavy atom. The van der Waals surface area contributed by atoms with Crippen LogP contribution in [0.3, 0.4) is 0 Å². The molecule has 0 unspecified atom stereocenters. The molecule has 0 atom stereocenters. The van der Waals surface area contributed by atoms with Crippen LogP contribution in [0.4, 0.5) is 0 Å². The van der Waals surface area contributed by atoms with Crippen LogP contribution >= 0.6 is 11.3 Å². The predicted molar refractivity (Wildman–Crippen MR) is 90.9 cm³/mol. The largest absolute Gasteiger partial charge is 0.370 e. The minimum absolute atomic E-state index is 0.240. The summed E-state index contributed by atoms with van der Waals surface area (Å²) in [7, 11) is -3.46. The Morgan fingerprint density at radius 2 is 2.09 bits per heavy atom. The van der Waals surface area contributed by atoms with Gasteiger partial charge in [0.25, 0.3) is 0 Å². The minimum atomic E-state index is -3.46. The van der Waals surface area contributed by atoms with Crippen LogP contribution in [0.5, 0.6) is 0 Å². The van der Waals surface area contributed by atoms with Gasteiger partial charge in [0.2, 0.25) is 10.0 Å². The van der Waals surface area contributed by atoms with E-state index in [4.69, 9.17) is 5.73 Å². The molecule has 0 radical (unpaired) electrons. The van der Waals surface area contributed by atoms with Crippen LogP contribution in [0.25, 0.3) is 0 Å². The highest BCUT2D eigenvalue weighted by atomic mass is 32.2. The van der Waals surface area contributed by atoms with Gasteiger partial charge in [-0.1, -0.05) is 12.8 Å². The fourth-order valence-electron chi connectivity index (χ4n) is 2.63. The van der Waals surface area contributed by atoms with Gasteiger partial charge in [0.15, 0.2) is 5.96 Å². The van der Waals surface area contributed by atoms with Gasteiger partial charge >= 0.3 is 0 Å². The van der Waals surface area contributed by atoms with Gasteiger partial charge < -0.3 is 11.1 Å². The van der Waals surface area contributed by atoms with E-state index in [1.54, 1.807) is 6.07 Å². The van der Waals surface area contributed by atoms with Crippen molar-refractivity contribution in [2.24, 2.45) is 10.7 Å². The SMILES string of the molecule is Cc1cc(S(=O)(=O)NCCN=C(N)NC2CCCC2)c(C)s1. The first kappa shape index (κ1) is 17.2. The zero-order valence-electron chi connectivity index (χ0n) is 13.1. The third-order valence-corrected chi connectivity index (χ3v) is 6.36. The molecule has 22 heavy (non-hydrogen) atoms. The molecule has 0 amide bonds. The summed E-state index contributed by atoms with van der Waals surface area (Å²) in [5.41, 5.74) is 5.81. The van der Waals surface area contributed by atoms with Gasteiger partial charge in [-0.05, 0) is 32.8 Å². The molecule has 1 aliphatic carbocycles. The van der Waals surface area contributed by atoms with E-state index in [-0.39, 0.29) is 6.54 Å². The van der Waals surface area contributed by atoms with Crippen LogP contribution in [0.1, 0.15) is 35.4 Å². The van der Waals surface area contributed by atoms with Gasteiger partial charge in [0.05, 0.1) is 11.4 Å². The van der Waals surface area contributed by atoms with E-state index in [2.05, 4.69) is 15.0 Å². The minimum Gasteiger partial charge on any atom is -0.370 e. The average Bonchev–Trinajstić information content (AvgIpc) is 3.04. The number of thiophene rings is 1. The summed E-state index contributed by atoms with van der Waals surface area (Å²) in [6, 6.07) is 2.11. The lowest BCUT2D eigenvalue weighted by Crippen LogP contribution is -2.39. The summed E-state index contributed by atoms with van der Waals surface area (Å²) >= 11 is 1.48. The summed E-state index contributed by atoms with van der Waals surface area (Å²) in [6.45, 7) is 4.28. The van der Waals surface area contributed by atoms with E-state index in [1.807, 2.05) is 13.8 Å². The average molecular weight is 345 g/mol. The zero-order valence-corrected chi connectivity index (χ0v) is 14.7. The summed E-state index contributed by atoms with van der Waals surface area (Å²) in [6.07, 6.45) is 4.70. The quantitative estimate of drug-likeness (QED) is 0.414. The highest BCUT2D eigenvalue weighted by Gasteiger charge is 2.18. The number of nitrogens with one attached hydrogen (secondary N) is 2. The molecule has 0 aromatic carbocycles. The second-order valence-corrected chi connectivity index (χ2v) is 8.76. The molecule has 0 aliphatic heterocycles. The number of aliphatic imine (C=N–C) groups is 1. The van der Waals surface area contributed by atoms with Crippen LogP contribution in [0.2, 0.25) is 0 Å². The van der Waals surface area contributed by atoms with Crippen molar-refractivity contribution in [3.63, 3.8) is 0 Å². The highest BCUT2D eigenvalue weighted by molar-refractivity contribution is 7.89. The van der Waals surface area contributed by atoms with E-state index in [0.717, 1.165) is 22.6 Å². The normalized spacial score (nSPS) is 17.1. The van der Waals surface area contributed by atoms with Crippen molar-refractivity contribution in [3.8, 4) is 0 Å². The topological polar surface area (TPSA) is 96.6 Å². The Balaban J connectivity index is 1.81. The molecule has 1 aromatic heterocycles. The molecule has 1 aromatic rings. The van der Waals surface area contributed by atoms with Gasteiger partial charge in [0, 0.05) is 22.3 Å². The van der Waals surface area contributed by atoms with Gasteiger partial charge in [-0.3, -0.25) is 4.99 Å². The van der Waals surface area contributed by atoms with E-state index >= 15 is 0 Å². The van der Waals surface area contributed by atoms with E-state index in [0.29, 0.717) is 23.4 Å². The van der Waals surface area contributed by atoms with Crippen molar-refractivity contribution in [2.75, 3.05) is 13.1 Å². The number of guanidine groups is 1. The van der Waals surface area contributed by atoms with E-state index in [1.165, 1.54) is 24.2 Å². The molecule has 6 nitrogen and oxygen atoms in total. The fraction of sp³-hybridized carbons (Fsp3) is 0.643. The van der Waals surface area contributed by atoms with Crippen LogP contribution in [0.15, 0.2) is 16.0 Å². The number of hydrogen-bond donors (Lipinski definition) is 3. The Morgan fingerprint density at radius 3 is 2.68 bits per heavy atom. The first-order chi connectivity index (χ1) is 10.4. The molecular formula is C14H24N4O2S2. The number of sulfonamides is 1. The molecule has 1 fully saturated rings. The molecule has 0 spiro atoms. The summed E-state index contributed by atoms with van der Waals surface area (Å²) in [4.78, 5) is 6.32. The lowest BCUT2D eigenvalue weighted by Gasteiger charge is -2.12. The van der Waals surface area contributed by atoms with Crippen molar-refractivity contribution >= 4 is 27.3 Å². The summed E-state index contributed by atoms with van der Waals surface area (Å²) in [5, 5.41) is 3.17. The van der Waals surface area contributed by atoms with E-state index < -0.39 is 10.0 Å². The number of rotatable bonds is 6. The first-order valence-corrected chi connectivity index (χ1v) is 9.81. The molecule has 1 saturated carbocycles. The zero-order chi connectivity index (χ0) is 16.2. The lowest BCUT2D eigenvalue weighted by atomic mass is 10.2. The molecule has 4 N–H and O–H groups in total. The maximum absolute atomic E-state index is 12.2. The van der Waals surface area contributed by atoms with Crippen molar-refractivity contribution in [2.45, 2.75) is 50.5 Å². The molecule has 0 saturated heterocycles. The van der Waals surface area contributed by atoms with Crippen molar-refractivity contribution in [1.82, 2.24) is 10.0 Å².